The SMILES string of the molecule is CNC(=O)COc1cc2cc(Nc3nc(N4CCC(OCCOCCOCCOCCNc5cccc6c5C(=O)N(C5CCC(=O)NC5=O)C6=O)CC4)ncc3Cl)ccc2n(C)c1=O. The summed E-state index contributed by atoms with van der Waals surface area (Å²) in [5.74, 6) is -1.52. The van der Waals surface area contributed by atoms with E-state index in [1.54, 1.807) is 37.5 Å². The monoisotopic (exact) mass is 903 g/mol. The number of amides is 5. The Kier molecular flexibility index (Phi) is 15.4. The van der Waals surface area contributed by atoms with Crippen molar-refractivity contribution < 1.29 is 47.7 Å². The van der Waals surface area contributed by atoms with Crippen molar-refractivity contribution >= 4 is 75.2 Å². The van der Waals surface area contributed by atoms with Crippen LogP contribution in [0.4, 0.5) is 23.1 Å². The van der Waals surface area contributed by atoms with Crippen LogP contribution in [0.3, 0.4) is 0 Å². The number of pyridine rings is 1. The zero-order valence-electron chi connectivity index (χ0n) is 35.5. The Morgan fingerprint density at radius 1 is 0.906 bits per heavy atom. The number of nitrogens with zero attached hydrogens (tertiary/aromatic N) is 5. The molecule has 21 heteroatoms. The van der Waals surface area contributed by atoms with Crippen LogP contribution in [0, 0.1) is 0 Å². The number of piperidine rings is 2. The maximum Gasteiger partial charge on any atom is 0.293 e. The molecule has 0 spiro atoms. The minimum absolute atomic E-state index is 0.0553. The van der Waals surface area contributed by atoms with Gasteiger partial charge in [0.2, 0.25) is 17.8 Å². The van der Waals surface area contributed by atoms with Crippen molar-refractivity contribution in [3.05, 3.63) is 75.2 Å². The van der Waals surface area contributed by atoms with Crippen LogP contribution in [-0.2, 0) is 40.4 Å². The van der Waals surface area contributed by atoms with E-state index in [1.807, 2.05) is 18.2 Å². The Bertz CT molecular complexity index is 2440. The van der Waals surface area contributed by atoms with Gasteiger partial charge >= 0.3 is 0 Å². The number of benzene rings is 2. The van der Waals surface area contributed by atoms with Crippen molar-refractivity contribution in [3.8, 4) is 5.75 Å². The molecule has 7 rings (SSSR count). The Balaban J connectivity index is 0.746. The molecule has 340 valence electrons. The number of hydrogen-bond donors (Lipinski definition) is 4. The van der Waals surface area contributed by atoms with Crippen LogP contribution in [0.15, 0.2) is 53.5 Å². The number of nitrogens with one attached hydrogen (secondary N) is 4. The molecule has 5 heterocycles. The van der Waals surface area contributed by atoms with Crippen LogP contribution < -0.4 is 36.5 Å². The molecule has 2 saturated heterocycles. The lowest BCUT2D eigenvalue weighted by Crippen LogP contribution is -2.54. The summed E-state index contributed by atoms with van der Waals surface area (Å²) in [5, 5.41) is 12.1. The van der Waals surface area contributed by atoms with Crippen molar-refractivity contribution in [2.45, 2.75) is 37.8 Å². The maximum absolute atomic E-state index is 13.2. The van der Waals surface area contributed by atoms with E-state index in [0.29, 0.717) is 99.6 Å². The van der Waals surface area contributed by atoms with Crippen LogP contribution in [0.2, 0.25) is 5.02 Å². The summed E-state index contributed by atoms with van der Waals surface area (Å²) in [4.78, 5) is 86.8. The second kappa shape index (κ2) is 21.5. The smallest absolute Gasteiger partial charge is 0.293 e. The summed E-state index contributed by atoms with van der Waals surface area (Å²) in [5.41, 5.74) is 1.89. The minimum atomic E-state index is -1.02. The molecule has 4 N–H and O–H groups in total. The summed E-state index contributed by atoms with van der Waals surface area (Å²) in [6.07, 6.45) is 3.36. The summed E-state index contributed by atoms with van der Waals surface area (Å²) in [7, 11) is 3.14. The number of aromatic nitrogens is 3. The quantitative estimate of drug-likeness (QED) is 0.0695. The lowest BCUT2D eigenvalue weighted by Gasteiger charge is -2.32. The van der Waals surface area contributed by atoms with Crippen molar-refractivity contribution in [3.63, 3.8) is 0 Å². The third-order valence-electron chi connectivity index (χ3n) is 10.9. The van der Waals surface area contributed by atoms with E-state index in [-0.39, 0.29) is 53.9 Å². The van der Waals surface area contributed by atoms with Crippen LogP contribution in [0.1, 0.15) is 46.4 Å². The lowest BCUT2D eigenvalue weighted by atomic mass is 10.0. The number of imide groups is 2. The first-order chi connectivity index (χ1) is 31.0. The fraction of sp³-hybridized carbons (Fsp3) is 0.442. The van der Waals surface area contributed by atoms with Crippen molar-refractivity contribution in [1.82, 2.24) is 30.1 Å². The average Bonchev–Trinajstić information content (AvgIpc) is 3.55. The predicted octanol–water partition coefficient (Wildman–Crippen LogP) is 2.40. The van der Waals surface area contributed by atoms with Crippen molar-refractivity contribution in [1.29, 1.82) is 0 Å². The summed E-state index contributed by atoms with van der Waals surface area (Å²) in [6.45, 7) is 4.21. The summed E-state index contributed by atoms with van der Waals surface area (Å²) < 4.78 is 29.9. The van der Waals surface area contributed by atoms with Crippen LogP contribution >= 0.6 is 11.6 Å². The summed E-state index contributed by atoms with van der Waals surface area (Å²) >= 11 is 6.50. The number of rotatable bonds is 21. The van der Waals surface area contributed by atoms with Crippen LogP contribution in [0.25, 0.3) is 10.9 Å². The fourth-order valence-corrected chi connectivity index (χ4v) is 7.68. The number of aryl methyl sites for hydroxylation is 1. The Morgan fingerprint density at radius 2 is 1.64 bits per heavy atom. The first kappa shape index (κ1) is 45.8. The van der Waals surface area contributed by atoms with Gasteiger partial charge in [0.25, 0.3) is 23.3 Å². The van der Waals surface area contributed by atoms with Gasteiger partial charge in [0.1, 0.15) is 11.1 Å². The van der Waals surface area contributed by atoms with Gasteiger partial charge in [-0.15, -0.1) is 0 Å². The van der Waals surface area contributed by atoms with Gasteiger partial charge in [-0.05, 0) is 55.7 Å². The second-order valence-corrected chi connectivity index (χ2v) is 15.5. The Morgan fingerprint density at radius 3 is 2.38 bits per heavy atom. The fourth-order valence-electron chi connectivity index (χ4n) is 7.54. The molecule has 0 saturated carbocycles. The van der Waals surface area contributed by atoms with Crippen LogP contribution in [0.5, 0.6) is 5.75 Å². The summed E-state index contributed by atoms with van der Waals surface area (Å²) in [6, 6.07) is 11.0. The number of carbonyl (C=O) groups is 5. The molecule has 3 aliphatic rings. The van der Waals surface area contributed by atoms with E-state index in [0.717, 1.165) is 23.1 Å². The van der Waals surface area contributed by atoms with Gasteiger partial charge in [-0.1, -0.05) is 17.7 Å². The number of hydrogen-bond acceptors (Lipinski definition) is 16. The molecule has 64 heavy (non-hydrogen) atoms. The third-order valence-corrected chi connectivity index (χ3v) is 11.2. The van der Waals surface area contributed by atoms with E-state index in [1.165, 1.54) is 11.6 Å². The first-order valence-electron chi connectivity index (χ1n) is 21.0. The first-order valence-corrected chi connectivity index (χ1v) is 21.3. The Hall–Kier alpha value is -6.19. The molecule has 5 amide bonds. The molecular formula is C43H50ClN9O11. The van der Waals surface area contributed by atoms with Gasteiger partial charge in [-0.3, -0.25) is 39.0 Å². The number of carbonyl (C=O) groups excluding carboxylic acids is 5. The molecule has 0 radical (unpaired) electrons. The van der Waals surface area contributed by atoms with E-state index < -0.39 is 29.7 Å². The number of anilines is 4. The predicted molar refractivity (Wildman–Crippen MR) is 234 cm³/mol. The number of ether oxygens (including phenoxy) is 5. The average molecular weight is 904 g/mol. The molecule has 20 nitrogen and oxygen atoms in total. The normalized spacial score (nSPS) is 16.6. The minimum Gasteiger partial charge on any atom is -0.478 e. The van der Waals surface area contributed by atoms with Gasteiger partial charge in [-0.2, -0.15) is 4.98 Å². The zero-order valence-corrected chi connectivity index (χ0v) is 36.2. The molecule has 1 atom stereocenters. The van der Waals surface area contributed by atoms with Gasteiger partial charge < -0.3 is 49.1 Å². The number of fused-ring (bicyclic) bond motifs is 2. The van der Waals surface area contributed by atoms with E-state index >= 15 is 0 Å². The molecule has 4 aromatic rings. The van der Waals surface area contributed by atoms with Gasteiger partial charge in [0.05, 0.1) is 75.2 Å². The number of likely N-dealkylation sites (N-methyl/N-ethyl adjacent to an activating group) is 1. The van der Waals surface area contributed by atoms with E-state index in [4.69, 9.17) is 40.3 Å². The highest BCUT2D eigenvalue weighted by atomic mass is 35.5. The molecule has 0 aliphatic carbocycles. The molecule has 2 fully saturated rings. The molecular weight excluding hydrogens is 854 g/mol. The zero-order chi connectivity index (χ0) is 45.2. The van der Waals surface area contributed by atoms with Crippen molar-refractivity contribution in [2.24, 2.45) is 7.05 Å². The topological polar surface area (TPSA) is 234 Å². The van der Waals surface area contributed by atoms with Crippen molar-refractivity contribution in [2.75, 3.05) is 95.1 Å². The largest absolute Gasteiger partial charge is 0.478 e. The molecule has 0 bridgehead atoms. The highest BCUT2D eigenvalue weighted by Crippen LogP contribution is 2.33. The highest BCUT2D eigenvalue weighted by molar-refractivity contribution is 6.33. The van der Waals surface area contributed by atoms with Gasteiger partial charge in [-0.25, -0.2) is 4.98 Å². The van der Waals surface area contributed by atoms with Gasteiger partial charge in [0.15, 0.2) is 18.2 Å². The highest BCUT2D eigenvalue weighted by Gasteiger charge is 2.45. The molecule has 3 aliphatic heterocycles. The molecule has 2 aromatic heterocycles. The molecule has 1 unspecified atom stereocenters. The third kappa shape index (κ3) is 10.9. The number of halogens is 1. The van der Waals surface area contributed by atoms with E-state index in [9.17, 15) is 28.8 Å². The molecule has 2 aromatic carbocycles. The maximum atomic E-state index is 13.2. The standard InChI is InChI=1S/C43H50ClN9O11/c1-45-36(55)25-64-34-23-26-22-27(6-7-32(26)51(2)41(34)58)48-38-30(44)24-47-43(50-38)52-13-10-28(11-14-52)63-21-20-62-19-18-61-17-16-60-15-12-46-31-5-3-4-29-37(31)42(59)53(40(29)57)33-8-9-35(54)49-39(33)56/h3-7,22-24,28,33,46H,8-21,25H2,1-2H3,(H,45,55)(H,47,48,50)(H,49,54,56). The van der Waals surface area contributed by atoms with E-state index in [2.05, 4.69) is 31.2 Å². The van der Waals surface area contributed by atoms with Gasteiger partial charge in [0, 0.05) is 56.9 Å². The lowest BCUT2D eigenvalue weighted by molar-refractivity contribution is -0.136. The second-order valence-electron chi connectivity index (χ2n) is 15.1. The Labute approximate surface area is 372 Å². The van der Waals surface area contributed by atoms with Crippen LogP contribution in [-0.4, -0.2) is 141 Å².